The molecule has 1 unspecified atom stereocenters. The Morgan fingerprint density at radius 1 is 1.10 bits per heavy atom. The van der Waals surface area contributed by atoms with E-state index in [9.17, 15) is 24.8 Å². The number of methoxy groups -OCH3 is 1. The van der Waals surface area contributed by atoms with Crippen LogP contribution in [0.1, 0.15) is 27.4 Å². The molecule has 2 aromatic rings. The number of benzene rings is 2. The predicted molar refractivity (Wildman–Crippen MR) is 105 cm³/mol. The van der Waals surface area contributed by atoms with Crippen LogP contribution in [0.3, 0.4) is 0 Å². The van der Waals surface area contributed by atoms with Gasteiger partial charge in [-0.25, -0.2) is 0 Å². The summed E-state index contributed by atoms with van der Waals surface area (Å²) < 4.78 is 11.0. The third-order valence-corrected chi connectivity index (χ3v) is 5.10. The van der Waals surface area contributed by atoms with Crippen molar-refractivity contribution < 1.29 is 29.1 Å². The van der Waals surface area contributed by atoms with Gasteiger partial charge in [0, 0.05) is 23.7 Å². The number of fused-ring (bicyclic) bond motifs is 2. The van der Waals surface area contributed by atoms with Gasteiger partial charge in [-0.3, -0.25) is 19.7 Å². The second-order valence-electron chi connectivity index (χ2n) is 6.60. The Morgan fingerprint density at radius 2 is 1.80 bits per heavy atom. The van der Waals surface area contributed by atoms with Gasteiger partial charge >= 0.3 is 5.70 Å². The van der Waals surface area contributed by atoms with Crippen LogP contribution in [0.2, 0.25) is 0 Å². The topological polar surface area (TPSA) is 128 Å². The summed E-state index contributed by atoms with van der Waals surface area (Å²) in [7, 11) is 2.83. The molecule has 2 aromatic carbocycles. The van der Waals surface area contributed by atoms with E-state index in [4.69, 9.17) is 9.47 Å². The van der Waals surface area contributed by atoms with Crippen molar-refractivity contribution in [2.45, 2.75) is 5.92 Å². The molecule has 0 saturated heterocycles. The van der Waals surface area contributed by atoms with Crippen LogP contribution in [-0.4, -0.2) is 35.8 Å². The fraction of sp³-hybridized carbons (Fsp3) is 0.143. The number of hydrogen-bond acceptors (Lipinski definition) is 8. The molecule has 0 fully saturated rings. The van der Waals surface area contributed by atoms with Gasteiger partial charge in [0.25, 0.3) is 5.88 Å². The quantitative estimate of drug-likeness (QED) is 0.449. The number of nitro groups is 1. The van der Waals surface area contributed by atoms with Crippen molar-refractivity contribution in [1.29, 1.82) is 0 Å². The van der Waals surface area contributed by atoms with Crippen LogP contribution in [0, 0.1) is 10.1 Å². The monoisotopic (exact) mass is 408 g/mol. The maximum absolute atomic E-state index is 13.0. The molecule has 4 rings (SSSR count). The number of Topliss-reactive ketones (excluding diaryl/α,β-unsaturated/α-hetero) is 2. The van der Waals surface area contributed by atoms with Crippen molar-refractivity contribution >= 4 is 17.3 Å². The zero-order valence-corrected chi connectivity index (χ0v) is 16.0. The lowest BCUT2D eigenvalue weighted by molar-refractivity contribution is -0.432. The SMILES string of the molecule is CNC1=C([N+](=O)[O-])C(C2=C(O)c3ccccc3C(=O)C2=O)c2cccc(OC)c2O1. The highest BCUT2D eigenvalue weighted by atomic mass is 16.6. The van der Waals surface area contributed by atoms with E-state index in [0.717, 1.165) is 0 Å². The maximum Gasteiger partial charge on any atom is 0.317 e. The van der Waals surface area contributed by atoms with Crippen molar-refractivity contribution in [3.05, 3.63) is 86.4 Å². The van der Waals surface area contributed by atoms with Gasteiger partial charge in [0.05, 0.1) is 17.6 Å². The second kappa shape index (κ2) is 7.03. The number of hydrogen-bond donors (Lipinski definition) is 2. The number of carbonyl (C=O) groups is 2. The molecule has 0 bridgehead atoms. The highest BCUT2D eigenvalue weighted by Gasteiger charge is 2.48. The smallest absolute Gasteiger partial charge is 0.317 e. The minimum atomic E-state index is -1.36. The molecule has 2 aliphatic rings. The lowest BCUT2D eigenvalue weighted by atomic mass is 9.77. The van der Waals surface area contributed by atoms with Crippen molar-refractivity contribution in [3.8, 4) is 11.5 Å². The molecule has 2 N–H and O–H groups in total. The number of ketones is 2. The number of aliphatic hydroxyl groups is 1. The largest absolute Gasteiger partial charge is 0.507 e. The third kappa shape index (κ3) is 2.63. The average molecular weight is 408 g/mol. The normalized spacial score (nSPS) is 17.9. The summed E-state index contributed by atoms with van der Waals surface area (Å²) in [5, 5.41) is 25.5. The van der Waals surface area contributed by atoms with Crippen LogP contribution >= 0.6 is 0 Å². The Kier molecular flexibility index (Phi) is 4.50. The molecule has 0 amide bonds. The lowest BCUT2D eigenvalue weighted by Gasteiger charge is -2.29. The summed E-state index contributed by atoms with van der Waals surface area (Å²) in [4.78, 5) is 37.0. The first-order chi connectivity index (χ1) is 14.4. The van der Waals surface area contributed by atoms with Crippen LogP contribution < -0.4 is 14.8 Å². The first-order valence-corrected chi connectivity index (χ1v) is 8.93. The van der Waals surface area contributed by atoms with Crippen LogP contribution in [0.25, 0.3) is 5.76 Å². The summed E-state index contributed by atoms with van der Waals surface area (Å²) in [5.41, 5.74) is -0.470. The molecule has 9 nitrogen and oxygen atoms in total. The summed E-state index contributed by atoms with van der Waals surface area (Å²) in [5.74, 6) is -3.48. The summed E-state index contributed by atoms with van der Waals surface area (Å²) in [6.07, 6.45) is 0. The fourth-order valence-corrected chi connectivity index (χ4v) is 3.78. The van der Waals surface area contributed by atoms with E-state index in [-0.39, 0.29) is 39.6 Å². The van der Waals surface area contributed by atoms with Crippen molar-refractivity contribution in [2.75, 3.05) is 14.2 Å². The molecule has 0 spiro atoms. The Balaban J connectivity index is 2.08. The molecule has 152 valence electrons. The minimum absolute atomic E-state index is 0.0437. The van der Waals surface area contributed by atoms with E-state index < -0.39 is 33.9 Å². The van der Waals surface area contributed by atoms with Crippen LogP contribution in [-0.2, 0) is 4.79 Å². The molecular weight excluding hydrogens is 392 g/mol. The van der Waals surface area contributed by atoms with Gasteiger partial charge < -0.3 is 19.9 Å². The molecular formula is C21H16N2O7. The van der Waals surface area contributed by atoms with Gasteiger partial charge in [-0.2, -0.15) is 0 Å². The van der Waals surface area contributed by atoms with Crippen LogP contribution in [0.5, 0.6) is 11.5 Å². The molecule has 0 radical (unpaired) electrons. The number of carbonyl (C=O) groups excluding carboxylic acids is 2. The van der Waals surface area contributed by atoms with E-state index in [1.54, 1.807) is 24.3 Å². The van der Waals surface area contributed by atoms with Gasteiger partial charge in [-0.05, 0) is 6.07 Å². The highest BCUT2D eigenvalue weighted by Crippen LogP contribution is 2.49. The maximum atomic E-state index is 13.0. The van der Waals surface area contributed by atoms with Crippen LogP contribution in [0.4, 0.5) is 0 Å². The zero-order chi connectivity index (χ0) is 21.6. The lowest BCUT2D eigenvalue weighted by Crippen LogP contribution is -2.34. The minimum Gasteiger partial charge on any atom is -0.507 e. The van der Waals surface area contributed by atoms with E-state index in [1.165, 1.54) is 32.4 Å². The molecule has 1 aliphatic carbocycles. The summed E-state index contributed by atoms with van der Waals surface area (Å²) >= 11 is 0. The molecule has 1 atom stereocenters. The standard InChI is InChI=1S/C21H16N2O7/c1-22-21-16(23(27)28)14(12-8-5-9-13(29-2)20(12)30-21)15-17(24)10-6-3-4-7-11(10)18(25)19(15)26/h3-9,14,22,24H,1-2H3. The molecule has 1 aliphatic heterocycles. The van der Waals surface area contributed by atoms with Gasteiger partial charge in [-0.15, -0.1) is 0 Å². The van der Waals surface area contributed by atoms with Gasteiger partial charge in [0.2, 0.25) is 11.6 Å². The molecule has 30 heavy (non-hydrogen) atoms. The molecule has 1 heterocycles. The number of nitrogens with one attached hydrogen (secondary N) is 1. The van der Waals surface area contributed by atoms with E-state index in [0.29, 0.717) is 0 Å². The summed E-state index contributed by atoms with van der Waals surface area (Å²) in [6.45, 7) is 0. The Hall–Kier alpha value is -4.14. The average Bonchev–Trinajstić information content (AvgIpc) is 2.76. The first kappa shape index (κ1) is 19.2. The van der Waals surface area contributed by atoms with Crippen LogP contribution in [0.15, 0.2) is 59.6 Å². The van der Waals surface area contributed by atoms with E-state index >= 15 is 0 Å². The van der Waals surface area contributed by atoms with E-state index in [2.05, 4.69) is 5.32 Å². The highest BCUT2D eigenvalue weighted by molar-refractivity contribution is 6.52. The number of rotatable bonds is 4. The third-order valence-electron chi connectivity index (χ3n) is 5.10. The Bertz CT molecular complexity index is 1180. The second-order valence-corrected chi connectivity index (χ2v) is 6.60. The Labute approximate surface area is 170 Å². The molecule has 0 aromatic heterocycles. The predicted octanol–water partition coefficient (Wildman–Crippen LogP) is 2.57. The van der Waals surface area contributed by atoms with Gasteiger partial charge in [-0.1, -0.05) is 36.4 Å². The van der Waals surface area contributed by atoms with Crippen molar-refractivity contribution in [2.24, 2.45) is 0 Å². The number of allylic oxidation sites excluding steroid dienone is 1. The number of aliphatic hydroxyl groups excluding tert-OH is 1. The molecule has 9 heteroatoms. The van der Waals surface area contributed by atoms with Crippen molar-refractivity contribution in [1.82, 2.24) is 5.32 Å². The van der Waals surface area contributed by atoms with Gasteiger partial charge in [0.15, 0.2) is 11.5 Å². The fourth-order valence-electron chi connectivity index (χ4n) is 3.78. The number of ether oxygens (including phenoxy) is 2. The molecule has 0 saturated carbocycles. The van der Waals surface area contributed by atoms with Crippen molar-refractivity contribution in [3.63, 3.8) is 0 Å². The first-order valence-electron chi connectivity index (χ1n) is 8.93. The van der Waals surface area contributed by atoms with Gasteiger partial charge in [0.1, 0.15) is 11.7 Å². The Morgan fingerprint density at radius 3 is 2.43 bits per heavy atom. The number of nitrogens with zero attached hydrogens (tertiary/aromatic N) is 1. The van der Waals surface area contributed by atoms with E-state index in [1.807, 2.05) is 0 Å². The zero-order valence-electron chi connectivity index (χ0n) is 16.0. The summed E-state index contributed by atoms with van der Waals surface area (Å²) in [6, 6.07) is 10.8. The number of para-hydroxylation sites is 1.